The minimum Gasteiger partial charge on any atom is -0.395 e. The van der Waals surface area contributed by atoms with Gasteiger partial charge in [-0.25, -0.2) is 4.68 Å². The van der Waals surface area contributed by atoms with Crippen LogP contribution in [0.1, 0.15) is 35.7 Å². The summed E-state index contributed by atoms with van der Waals surface area (Å²) in [7, 11) is 0. The second-order valence-corrected chi connectivity index (χ2v) is 10.2. The number of aliphatic hydroxyl groups excluding tert-OH is 1. The van der Waals surface area contributed by atoms with Crippen molar-refractivity contribution in [1.29, 1.82) is 0 Å². The Hall–Kier alpha value is -2.07. The molecule has 0 unspecified atom stereocenters. The molecule has 5 heterocycles. The van der Waals surface area contributed by atoms with Gasteiger partial charge in [0.25, 0.3) is 5.95 Å². The molecule has 3 aromatic rings. The van der Waals surface area contributed by atoms with Gasteiger partial charge in [0.15, 0.2) is 0 Å². The molecular weight excluding hydrogens is 412 g/mol. The zero-order valence-electron chi connectivity index (χ0n) is 18.7. The van der Waals surface area contributed by atoms with Crippen LogP contribution in [0.15, 0.2) is 6.07 Å². The normalized spacial score (nSPS) is 19.2. The smallest absolute Gasteiger partial charge is 0.254 e. The highest BCUT2D eigenvalue weighted by molar-refractivity contribution is 7.19. The second-order valence-electron chi connectivity index (χ2n) is 9.15. The van der Waals surface area contributed by atoms with Crippen LogP contribution in [0.5, 0.6) is 0 Å². The Morgan fingerprint density at radius 2 is 1.94 bits per heavy atom. The lowest BCUT2D eigenvalue weighted by Gasteiger charge is -2.36. The van der Waals surface area contributed by atoms with Gasteiger partial charge in [-0.2, -0.15) is 15.1 Å². The van der Waals surface area contributed by atoms with Gasteiger partial charge >= 0.3 is 0 Å². The van der Waals surface area contributed by atoms with Gasteiger partial charge in [-0.15, -0.1) is 11.3 Å². The molecular formula is C22H30N6O2S. The van der Waals surface area contributed by atoms with Crippen molar-refractivity contribution in [3.63, 3.8) is 0 Å². The van der Waals surface area contributed by atoms with Crippen molar-refractivity contribution in [2.24, 2.45) is 0 Å². The maximum Gasteiger partial charge on any atom is 0.254 e. The summed E-state index contributed by atoms with van der Waals surface area (Å²) in [5, 5.41) is 15.1. The molecule has 0 amide bonds. The van der Waals surface area contributed by atoms with Gasteiger partial charge in [0.2, 0.25) is 0 Å². The van der Waals surface area contributed by atoms with E-state index in [0.717, 1.165) is 61.2 Å². The van der Waals surface area contributed by atoms with Crippen LogP contribution in [-0.4, -0.2) is 74.7 Å². The molecule has 0 bridgehead atoms. The first-order valence-electron chi connectivity index (χ1n) is 10.9. The summed E-state index contributed by atoms with van der Waals surface area (Å²) in [5.74, 6) is 1.64. The molecule has 0 aromatic carbocycles. The van der Waals surface area contributed by atoms with Gasteiger partial charge in [0, 0.05) is 49.7 Å². The molecule has 0 radical (unpaired) electrons. The molecule has 9 heteroatoms. The number of piperazine rings is 1. The van der Waals surface area contributed by atoms with Crippen LogP contribution in [0.3, 0.4) is 0 Å². The van der Waals surface area contributed by atoms with Crippen LogP contribution in [-0.2, 0) is 17.8 Å². The minimum atomic E-state index is -0.188. The number of rotatable bonds is 4. The number of fused-ring (bicyclic) bond motifs is 3. The summed E-state index contributed by atoms with van der Waals surface area (Å²) in [6.07, 6.45) is 0.864. The predicted molar refractivity (Wildman–Crippen MR) is 122 cm³/mol. The molecule has 1 fully saturated rings. The maximum absolute atomic E-state index is 9.29. The van der Waals surface area contributed by atoms with E-state index in [0.29, 0.717) is 12.6 Å². The molecule has 0 spiro atoms. The summed E-state index contributed by atoms with van der Waals surface area (Å²) in [6.45, 7) is 13.5. The van der Waals surface area contributed by atoms with Crippen LogP contribution in [0.25, 0.3) is 16.2 Å². The number of β-amino-alcohol motifs (C(OH)–C–C–N with tert-alkyl or cyclic N) is 1. The van der Waals surface area contributed by atoms with E-state index >= 15 is 0 Å². The van der Waals surface area contributed by atoms with Crippen molar-refractivity contribution in [1.82, 2.24) is 24.6 Å². The number of ether oxygens (including phenoxy) is 1. The van der Waals surface area contributed by atoms with E-state index in [4.69, 9.17) is 14.7 Å². The molecule has 0 atom stereocenters. The standard InChI is InChI=1S/C22H30N6O2S/c1-14-11-15(2)28(25-14)21-23-19(27-7-5-26(6-8-27)9-10-29)18-16-12-22(3,4)30-13-17(16)31-20(18)24-21/h11,29H,5-10,12-13H2,1-4H3. The highest BCUT2D eigenvalue weighted by atomic mass is 32.1. The van der Waals surface area contributed by atoms with E-state index in [2.05, 4.69) is 34.8 Å². The van der Waals surface area contributed by atoms with Crippen LogP contribution < -0.4 is 4.90 Å². The Bertz CT molecular complexity index is 1110. The van der Waals surface area contributed by atoms with Crippen molar-refractivity contribution in [3.05, 3.63) is 27.9 Å². The molecule has 0 saturated carbocycles. The Labute approximate surface area is 186 Å². The molecule has 8 nitrogen and oxygen atoms in total. The quantitative estimate of drug-likeness (QED) is 0.665. The highest BCUT2D eigenvalue weighted by Gasteiger charge is 2.32. The summed E-state index contributed by atoms with van der Waals surface area (Å²) in [5.41, 5.74) is 3.14. The highest BCUT2D eigenvalue weighted by Crippen LogP contribution is 2.42. The van der Waals surface area contributed by atoms with Crippen molar-refractivity contribution < 1.29 is 9.84 Å². The fourth-order valence-electron chi connectivity index (χ4n) is 4.59. The Morgan fingerprint density at radius 1 is 1.16 bits per heavy atom. The van der Waals surface area contributed by atoms with Crippen LogP contribution in [0, 0.1) is 13.8 Å². The Morgan fingerprint density at radius 3 is 2.61 bits per heavy atom. The van der Waals surface area contributed by atoms with E-state index < -0.39 is 0 Å². The zero-order chi connectivity index (χ0) is 21.8. The number of thiophene rings is 1. The van der Waals surface area contributed by atoms with Gasteiger partial charge < -0.3 is 14.7 Å². The largest absolute Gasteiger partial charge is 0.395 e. The summed E-state index contributed by atoms with van der Waals surface area (Å²) in [6, 6.07) is 2.05. The molecule has 3 aromatic heterocycles. The lowest BCUT2D eigenvalue weighted by molar-refractivity contribution is -0.0379. The molecule has 1 N–H and O–H groups in total. The number of hydrogen-bond donors (Lipinski definition) is 1. The first-order chi connectivity index (χ1) is 14.8. The van der Waals surface area contributed by atoms with E-state index in [1.54, 1.807) is 11.3 Å². The molecule has 166 valence electrons. The number of aromatic nitrogens is 4. The second kappa shape index (κ2) is 7.81. The topological polar surface area (TPSA) is 79.5 Å². The lowest BCUT2D eigenvalue weighted by Crippen LogP contribution is -2.47. The molecule has 31 heavy (non-hydrogen) atoms. The van der Waals surface area contributed by atoms with Crippen LogP contribution in [0.4, 0.5) is 5.82 Å². The maximum atomic E-state index is 9.29. The van der Waals surface area contributed by atoms with Gasteiger partial charge in [-0.1, -0.05) is 0 Å². The predicted octanol–water partition coefficient (Wildman–Crippen LogP) is 2.46. The van der Waals surface area contributed by atoms with E-state index in [1.807, 2.05) is 18.5 Å². The number of aryl methyl sites for hydroxylation is 2. The fourth-order valence-corrected chi connectivity index (χ4v) is 5.69. The van der Waals surface area contributed by atoms with Crippen molar-refractivity contribution in [2.75, 3.05) is 44.2 Å². The lowest BCUT2D eigenvalue weighted by atomic mass is 9.94. The van der Waals surface area contributed by atoms with Crippen LogP contribution >= 0.6 is 11.3 Å². The monoisotopic (exact) mass is 442 g/mol. The number of aliphatic hydroxyl groups is 1. The first-order valence-corrected chi connectivity index (χ1v) is 11.7. The molecule has 2 aliphatic heterocycles. The SMILES string of the molecule is Cc1cc(C)n(-c2nc(N3CCN(CCO)CC3)c3c4c(sc3n2)COC(C)(C)C4)n1. The molecule has 0 aliphatic carbocycles. The van der Waals surface area contributed by atoms with Gasteiger partial charge in [0.05, 0.1) is 29.9 Å². The van der Waals surface area contributed by atoms with E-state index in [1.165, 1.54) is 15.8 Å². The summed E-state index contributed by atoms with van der Waals surface area (Å²) >= 11 is 1.72. The van der Waals surface area contributed by atoms with Gasteiger partial charge in [-0.3, -0.25) is 4.90 Å². The Balaban J connectivity index is 1.63. The average Bonchev–Trinajstić information content (AvgIpc) is 3.26. The third kappa shape index (κ3) is 3.84. The Kier molecular flexibility index (Phi) is 5.24. The molecule has 2 aliphatic rings. The van der Waals surface area contributed by atoms with Crippen molar-refractivity contribution in [2.45, 2.75) is 46.3 Å². The number of hydrogen-bond acceptors (Lipinski definition) is 8. The average molecular weight is 443 g/mol. The third-order valence-corrected chi connectivity index (χ3v) is 7.29. The van der Waals surface area contributed by atoms with Gasteiger partial charge in [0.1, 0.15) is 10.6 Å². The number of anilines is 1. The van der Waals surface area contributed by atoms with E-state index in [-0.39, 0.29) is 12.2 Å². The minimum absolute atomic E-state index is 0.188. The number of nitrogens with zero attached hydrogens (tertiary/aromatic N) is 6. The van der Waals surface area contributed by atoms with Gasteiger partial charge in [-0.05, 0) is 39.3 Å². The molecule has 1 saturated heterocycles. The summed E-state index contributed by atoms with van der Waals surface area (Å²) < 4.78 is 7.93. The molecule has 5 rings (SSSR count). The summed E-state index contributed by atoms with van der Waals surface area (Å²) in [4.78, 5) is 17.0. The van der Waals surface area contributed by atoms with E-state index in [9.17, 15) is 5.11 Å². The third-order valence-electron chi connectivity index (χ3n) is 6.19. The van der Waals surface area contributed by atoms with Crippen molar-refractivity contribution >= 4 is 27.4 Å². The fraction of sp³-hybridized carbons (Fsp3) is 0.591. The van der Waals surface area contributed by atoms with Crippen LogP contribution in [0.2, 0.25) is 0 Å². The zero-order valence-corrected chi connectivity index (χ0v) is 19.5. The van der Waals surface area contributed by atoms with Crippen molar-refractivity contribution in [3.8, 4) is 5.95 Å². The first kappa shape index (κ1) is 20.8.